The number of amides is 1. The van der Waals surface area contributed by atoms with Crippen LogP contribution >= 0.6 is 0 Å². The summed E-state index contributed by atoms with van der Waals surface area (Å²) < 4.78 is 13.3. The highest BCUT2D eigenvalue weighted by Gasteiger charge is 2.16. The van der Waals surface area contributed by atoms with Gasteiger partial charge in [0.05, 0.1) is 5.69 Å². The summed E-state index contributed by atoms with van der Waals surface area (Å²) >= 11 is 0. The maximum Gasteiger partial charge on any atom is 0.255 e. The first kappa shape index (κ1) is 16.6. The Labute approximate surface area is 145 Å². The van der Waals surface area contributed by atoms with Gasteiger partial charge in [0.15, 0.2) is 5.78 Å². The third-order valence-electron chi connectivity index (χ3n) is 3.79. The van der Waals surface area contributed by atoms with E-state index in [0.29, 0.717) is 16.8 Å². The van der Waals surface area contributed by atoms with E-state index in [1.54, 1.807) is 36.4 Å². The molecular formula is C21H16FNO2. The zero-order chi connectivity index (χ0) is 17.8. The SMILES string of the molecule is Cc1ccc(NC(=O)c2cccc(F)c2)c(C(=O)c2ccccc2)c1. The maximum atomic E-state index is 13.3. The molecule has 0 aromatic heterocycles. The first-order valence-electron chi connectivity index (χ1n) is 7.82. The number of rotatable bonds is 4. The fourth-order valence-corrected chi connectivity index (χ4v) is 2.52. The summed E-state index contributed by atoms with van der Waals surface area (Å²) in [6.45, 7) is 1.87. The molecule has 0 atom stereocenters. The van der Waals surface area contributed by atoms with Crippen LogP contribution in [-0.2, 0) is 0 Å². The van der Waals surface area contributed by atoms with Crippen molar-refractivity contribution in [2.45, 2.75) is 6.92 Å². The van der Waals surface area contributed by atoms with Gasteiger partial charge in [-0.2, -0.15) is 0 Å². The van der Waals surface area contributed by atoms with Gasteiger partial charge < -0.3 is 5.32 Å². The quantitative estimate of drug-likeness (QED) is 0.708. The molecule has 1 amide bonds. The molecule has 124 valence electrons. The van der Waals surface area contributed by atoms with Crippen molar-refractivity contribution in [1.29, 1.82) is 0 Å². The number of nitrogens with one attached hydrogen (secondary N) is 1. The molecule has 0 bridgehead atoms. The van der Waals surface area contributed by atoms with Crippen LogP contribution in [0, 0.1) is 12.7 Å². The number of hydrogen-bond acceptors (Lipinski definition) is 2. The molecule has 0 aliphatic heterocycles. The third-order valence-corrected chi connectivity index (χ3v) is 3.79. The van der Waals surface area contributed by atoms with Gasteiger partial charge in [-0.05, 0) is 37.3 Å². The van der Waals surface area contributed by atoms with Gasteiger partial charge in [0.2, 0.25) is 0 Å². The van der Waals surface area contributed by atoms with Crippen LogP contribution in [0.2, 0.25) is 0 Å². The lowest BCUT2D eigenvalue weighted by molar-refractivity contribution is 0.102. The Morgan fingerprint density at radius 1 is 0.840 bits per heavy atom. The van der Waals surface area contributed by atoms with Gasteiger partial charge in [-0.15, -0.1) is 0 Å². The predicted molar refractivity (Wildman–Crippen MR) is 95.4 cm³/mol. The number of aryl methyl sites for hydroxylation is 1. The van der Waals surface area contributed by atoms with Gasteiger partial charge in [-0.3, -0.25) is 9.59 Å². The first-order valence-corrected chi connectivity index (χ1v) is 7.82. The Hall–Kier alpha value is -3.27. The second kappa shape index (κ2) is 7.09. The van der Waals surface area contributed by atoms with Crippen molar-refractivity contribution < 1.29 is 14.0 Å². The Balaban J connectivity index is 1.94. The summed E-state index contributed by atoms with van der Waals surface area (Å²) in [4.78, 5) is 25.2. The standard InChI is InChI=1S/C21H16FNO2/c1-14-10-11-19(23-21(25)16-8-5-9-17(22)13-16)18(12-14)20(24)15-6-3-2-4-7-15/h2-13H,1H3,(H,23,25). The van der Waals surface area contributed by atoms with Crippen LogP contribution < -0.4 is 5.32 Å². The monoisotopic (exact) mass is 333 g/mol. The van der Waals surface area contributed by atoms with Crippen LogP contribution in [-0.4, -0.2) is 11.7 Å². The van der Waals surface area contributed by atoms with Gasteiger partial charge >= 0.3 is 0 Å². The lowest BCUT2D eigenvalue weighted by Gasteiger charge is -2.12. The average molecular weight is 333 g/mol. The molecule has 0 aliphatic rings. The second-order valence-electron chi connectivity index (χ2n) is 5.71. The minimum absolute atomic E-state index is 0.182. The topological polar surface area (TPSA) is 46.2 Å². The molecule has 3 nitrogen and oxygen atoms in total. The first-order chi connectivity index (χ1) is 12.0. The average Bonchev–Trinajstić information content (AvgIpc) is 2.63. The summed E-state index contributed by atoms with van der Waals surface area (Å²) in [7, 11) is 0. The van der Waals surface area contributed by atoms with Gasteiger partial charge in [-0.1, -0.05) is 48.0 Å². The Morgan fingerprint density at radius 3 is 2.28 bits per heavy atom. The summed E-state index contributed by atoms with van der Waals surface area (Å²) in [5.41, 5.74) is 2.43. The number of carbonyl (C=O) groups is 2. The largest absolute Gasteiger partial charge is 0.321 e. The van der Waals surface area contributed by atoms with E-state index < -0.39 is 11.7 Å². The molecule has 25 heavy (non-hydrogen) atoms. The highest BCUT2D eigenvalue weighted by molar-refractivity contribution is 6.15. The van der Waals surface area contributed by atoms with Crippen LogP contribution in [0.5, 0.6) is 0 Å². The van der Waals surface area contributed by atoms with E-state index in [9.17, 15) is 14.0 Å². The molecule has 4 heteroatoms. The number of carbonyl (C=O) groups excluding carboxylic acids is 2. The molecule has 3 aromatic carbocycles. The zero-order valence-corrected chi connectivity index (χ0v) is 13.6. The number of benzene rings is 3. The predicted octanol–water partition coefficient (Wildman–Crippen LogP) is 4.62. The van der Waals surface area contributed by atoms with Crippen molar-refractivity contribution in [3.63, 3.8) is 0 Å². The number of ketones is 1. The Morgan fingerprint density at radius 2 is 1.56 bits per heavy atom. The third kappa shape index (κ3) is 3.80. The summed E-state index contributed by atoms with van der Waals surface area (Å²) in [6, 6.07) is 19.5. The molecular weight excluding hydrogens is 317 g/mol. The fourth-order valence-electron chi connectivity index (χ4n) is 2.52. The normalized spacial score (nSPS) is 10.3. The molecule has 1 N–H and O–H groups in total. The molecule has 0 heterocycles. The van der Waals surface area contributed by atoms with Gasteiger partial charge in [0.25, 0.3) is 5.91 Å². The van der Waals surface area contributed by atoms with Gasteiger partial charge in [0.1, 0.15) is 5.82 Å². The minimum atomic E-state index is -0.489. The van der Waals surface area contributed by atoms with Crippen molar-refractivity contribution in [2.75, 3.05) is 5.32 Å². The summed E-state index contributed by atoms with van der Waals surface area (Å²) in [5.74, 6) is -1.14. The van der Waals surface area contributed by atoms with Crippen LogP contribution in [0.3, 0.4) is 0 Å². The van der Waals surface area contributed by atoms with Crippen molar-refractivity contribution in [1.82, 2.24) is 0 Å². The van der Waals surface area contributed by atoms with Crippen LogP contribution in [0.25, 0.3) is 0 Å². The van der Waals surface area contributed by atoms with E-state index in [1.807, 2.05) is 19.1 Å². The van der Waals surface area contributed by atoms with Gasteiger partial charge in [0, 0.05) is 16.7 Å². The van der Waals surface area contributed by atoms with E-state index >= 15 is 0 Å². The second-order valence-corrected chi connectivity index (χ2v) is 5.71. The Bertz CT molecular complexity index is 936. The van der Waals surface area contributed by atoms with Gasteiger partial charge in [-0.25, -0.2) is 4.39 Å². The van der Waals surface area contributed by atoms with E-state index in [0.717, 1.165) is 11.6 Å². The highest BCUT2D eigenvalue weighted by atomic mass is 19.1. The zero-order valence-electron chi connectivity index (χ0n) is 13.6. The highest BCUT2D eigenvalue weighted by Crippen LogP contribution is 2.22. The lowest BCUT2D eigenvalue weighted by Crippen LogP contribution is -2.15. The molecule has 0 fully saturated rings. The van der Waals surface area contributed by atoms with Crippen LogP contribution in [0.1, 0.15) is 31.8 Å². The fraction of sp³-hybridized carbons (Fsp3) is 0.0476. The van der Waals surface area contributed by atoms with Crippen molar-refractivity contribution in [3.8, 4) is 0 Å². The maximum absolute atomic E-state index is 13.3. The molecule has 0 spiro atoms. The molecule has 0 saturated heterocycles. The summed E-state index contributed by atoms with van der Waals surface area (Å²) in [6.07, 6.45) is 0. The molecule has 0 unspecified atom stereocenters. The number of hydrogen-bond donors (Lipinski definition) is 1. The summed E-state index contributed by atoms with van der Waals surface area (Å²) in [5, 5.41) is 2.71. The number of anilines is 1. The van der Waals surface area contributed by atoms with Crippen LogP contribution in [0.4, 0.5) is 10.1 Å². The van der Waals surface area contributed by atoms with E-state index in [4.69, 9.17) is 0 Å². The molecule has 3 aromatic rings. The smallest absolute Gasteiger partial charge is 0.255 e. The molecule has 0 radical (unpaired) electrons. The van der Waals surface area contributed by atoms with Crippen molar-refractivity contribution in [3.05, 3.63) is 101 Å². The number of halogens is 1. The lowest BCUT2D eigenvalue weighted by atomic mass is 9.99. The van der Waals surface area contributed by atoms with E-state index in [2.05, 4.69) is 5.32 Å². The minimum Gasteiger partial charge on any atom is -0.321 e. The van der Waals surface area contributed by atoms with E-state index in [1.165, 1.54) is 18.2 Å². The molecule has 0 aliphatic carbocycles. The van der Waals surface area contributed by atoms with Crippen molar-refractivity contribution in [2.24, 2.45) is 0 Å². The Kier molecular flexibility index (Phi) is 4.70. The molecule has 0 saturated carbocycles. The van der Waals surface area contributed by atoms with Crippen LogP contribution in [0.15, 0.2) is 72.8 Å². The van der Waals surface area contributed by atoms with E-state index in [-0.39, 0.29) is 11.3 Å². The molecule has 3 rings (SSSR count). The van der Waals surface area contributed by atoms with Crippen molar-refractivity contribution >= 4 is 17.4 Å².